The maximum atomic E-state index is 14.6. The first-order chi connectivity index (χ1) is 16.0. The molecule has 0 radical (unpaired) electrons. The Hall–Kier alpha value is -3.32. The van der Waals surface area contributed by atoms with Crippen molar-refractivity contribution in [3.05, 3.63) is 63.7 Å². The van der Waals surface area contributed by atoms with Crippen molar-refractivity contribution in [3.8, 4) is 5.69 Å². The van der Waals surface area contributed by atoms with E-state index in [1.807, 2.05) is 0 Å². The lowest BCUT2D eigenvalue weighted by atomic mass is 10.1. The number of halogens is 7. The van der Waals surface area contributed by atoms with E-state index in [9.17, 15) is 35.9 Å². The molecule has 4 N–H and O–H groups in total. The summed E-state index contributed by atoms with van der Waals surface area (Å²) in [7, 11) is 0. The number of carbonyl (C=O) groups excluding carboxylic acids is 1. The molecule has 0 spiro atoms. The van der Waals surface area contributed by atoms with E-state index in [2.05, 4.69) is 10.3 Å². The molecule has 0 bridgehead atoms. The monoisotopic (exact) mass is 523 g/mol. The zero-order valence-corrected chi connectivity index (χ0v) is 18.9. The van der Waals surface area contributed by atoms with Crippen molar-refractivity contribution in [3.63, 3.8) is 0 Å². The molecule has 1 aromatic carbocycles. The van der Waals surface area contributed by atoms with Gasteiger partial charge >= 0.3 is 6.18 Å². The molecular formula is C21H20ClF6N5O2. The number of amides is 1. The lowest BCUT2D eigenvalue weighted by Gasteiger charge is -2.20. The fraction of sp³-hybridized carbons (Fsp3) is 0.286. The van der Waals surface area contributed by atoms with Crippen LogP contribution in [0.15, 0.2) is 35.3 Å². The summed E-state index contributed by atoms with van der Waals surface area (Å²) in [5.74, 6) is -5.25. The summed E-state index contributed by atoms with van der Waals surface area (Å²) in [5, 5.41) is 4.21. The molecule has 2 heterocycles. The molecule has 7 nitrogen and oxygen atoms in total. The Labute approximate surface area is 200 Å². The topological polar surface area (TPSA) is 102 Å². The van der Waals surface area contributed by atoms with Crippen LogP contribution in [0, 0.1) is 17.5 Å². The Morgan fingerprint density at radius 3 is 2.34 bits per heavy atom. The molecule has 0 aliphatic carbocycles. The minimum absolute atomic E-state index is 0. The molecule has 0 unspecified atom stereocenters. The fourth-order valence-electron chi connectivity index (χ4n) is 3.25. The highest BCUT2D eigenvalue weighted by Crippen LogP contribution is 2.25. The van der Waals surface area contributed by atoms with Gasteiger partial charge in [-0.25, -0.2) is 18.2 Å². The van der Waals surface area contributed by atoms with Crippen LogP contribution in [-0.4, -0.2) is 40.8 Å². The molecule has 14 heteroatoms. The second-order valence-electron chi connectivity index (χ2n) is 7.22. The molecule has 0 fully saturated rings. The second kappa shape index (κ2) is 11.0. The Balaban J connectivity index is 0.00000432. The quantitative estimate of drug-likeness (QED) is 0.410. The van der Waals surface area contributed by atoms with Crippen LogP contribution in [0.3, 0.4) is 0 Å². The van der Waals surface area contributed by atoms with Crippen LogP contribution in [-0.2, 0) is 0 Å². The molecule has 0 saturated carbocycles. The summed E-state index contributed by atoms with van der Waals surface area (Å²) in [6, 6.07) is 0.999. The van der Waals surface area contributed by atoms with Gasteiger partial charge in [-0.05, 0) is 18.6 Å². The van der Waals surface area contributed by atoms with Gasteiger partial charge in [-0.3, -0.25) is 14.2 Å². The van der Waals surface area contributed by atoms with Crippen molar-refractivity contribution < 1.29 is 31.1 Å². The zero-order valence-electron chi connectivity index (χ0n) is 18.0. The number of anilines is 1. The Bertz CT molecular complexity index is 1270. The van der Waals surface area contributed by atoms with Gasteiger partial charge < -0.3 is 16.4 Å². The van der Waals surface area contributed by atoms with Crippen LogP contribution < -0.4 is 21.8 Å². The SMILES string of the molecule is CC[C@H](NC(=O)c1cn(-c2c(F)cc(F)cc2F)c2nc(NCCN)ccc2c1=O)C(F)(F)F.Cl. The zero-order chi connectivity index (χ0) is 25.2. The van der Waals surface area contributed by atoms with Crippen molar-refractivity contribution in [2.45, 2.75) is 25.6 Å². The molecule has 0 saturated heterocycles. The summed E-state index contributed by atoms with van der Waals surface area (Å²) in [6.07, 6.45) is -4.64. The van der Waals surface area contributed by atoms with Gasteiger partial charge in [0.1, 0.15) is 28.9 Å². The van der Waals surface area contributed by atoms with Crippen LogP contribution in [0.2, 0.25) is 0 Å². The highest BCUT2D eigenvalue weighted by atomic mass is 35.5. The first-order valence-electron chi connectivity index (χ1n) is 10.0. The number of nitrogens with zero attached hydrogens (tertiary/aromatic N) is 2. The molecule has 3 aromatic rings. The molecule has 3 rings (SSSR count). The third-order valence-corrected chi connectivity index (χ3v) is 4.88. The lowest BCUT2D eigenvalue weighted by molar-refractivity contribution is -0.153. The number of nitrogens with two attached hydrogens (primary N) is 1. The second-order valence-corrected chi connectivity index (χ2v) is 7.22. The van der Waals surface area contributed by atoms with Crippen LogP contribution in [0.1, 0.15) is 23.7 Å². The lowest BCUT2D eigenvalue weighted by Crippen LogP contribution is -2.46. The van der Waals surface area contributed by atoms with Crippen LogP contribution in [0.5, 0.6) is 0 Å². The number of rotatable bonds is 7. The number of benzene rings is 1. The first kappa shape index (κ1) is 27.9. The number of alkyl halides is 3. The summed E-state index contributed by atoms with van der Waals surface area (Å²) >= 11 is 0. The molecule has 2 aromatic heterocycles. The number of hydrogen-bond acceptors (Lipinski definition) is 5. The molecule has 0 aliphatic heterocycles. The minimum atomic E-state index is -4.79. The van der Waals surface area contributed by atoms with Crippen molar-refractivity contribution in [1.82, 2.24) is 14.9 Å². The summed E-state index contributed by atoms with van der Waals surface area (Å²) in [4.78, 5) is 29.7. The summed E-state index contributed by atoms with van der Waals surface area (Å²) in [5.41, 5.74) is 2.38. The van der Waals surface area contributed by atoms with Crippen LogP contribution >= 0.6 is 12.4 Å². The van der Waals surface area contributed by atoms with Crippen LogP contribution in [0.25, 0.3) is 16.7 Å². The van der Waals surface area contributed by atoms with Crippen molar-refractivity contribution in [1.29, 1.82) is 0 Å². The van der Waals surface area contributed by atoms with Gasteiger partial charge in [0, 0.05) is 31.4 Å². The highest BCUT2D eigenvalue weighted by molar-refractivity contribution is 5.97. The van der Waals surface area contributed by atoms with Crippen molar-refractivity contribution in [2.24, 2.45) is 5.73 Å². The van der Waals surface area contributed by atoms with Gasteiger partial charge in [0.2, 0.25) is 5.43 Å². The first-order valence-corrected chi connectivity index (χ1v) is 10.0. The van der Waals surface area contributed by atoms with E-state index in [4.69, 9.17) is 5.73 Å². The summed E-state index contributed by atoms with van der Waals surface area (Å²) in [6.45, 7) is 1.66. The fourth-order valence-corrected chi connectivity index (χ4v) is 3.25. The van der Waals surface area contributed by atoms with Gasteiger partial charge in [0.25, 0.3) is 5.91 Å². The molecule has 1 atom stereocenters. The van der Waals surface area contributed by atoms with Crippen LogP contribution in [0.4, 0.5) is 32.2 Å². The predicted octanol–water partition coefficient (Wildman–Crippen LogP) is 3.67. The van der Waals surface area contributed by atoms with E-state index in [0.29, 0.717) is 22.9 Å². The van der Waals surface area contributed by atoms with Gasteiger partial charge in [0.15, 0.2) is 17.3 Å². The van der Waals surface area contributed by atoms with Gasteiger partial charge in [-0.1, -0.05) is 6.92 Å². The maximum Gasteiger partial charge on any atom is 0.408 e. The average Bonchev–Trinajstić information content (AvgIpc) is 2.75. The number of pyridine rings is 2. The number of hydrogen-bond donors (Lipinski definition) is 3. The highest BCUT2D eigenvalue weighted by Gasteiger charge is 2.39. The molecule has 0 aliphatic rings. The van der Waals surface area contributed by atoms with Gasteiger partial charge in [-0.15, -0.1) is 12.4 Å². The standard InChI is InChI=1S/C21H19F6N5O2.ClH/c1-2-15(21(25,26)27)30-20(34)12-9-32(17-13(23)7-10(22)8-14(17)24)19-11(18(12)33)3-4-16(31-19)29-6-5-28;/h3-4,7-9,15H,2,5-6,28H2,1H3,(H,29,31)(H,30,34);1H/t15-;/m0./s1. The number of aromatic nitrogens is 2. The normalized spacial score (nSPS) is 12.2. The number of nitrogens with one attached hydrogen (secondary N) is 2. The molecule has 35 heavy (non-hydrogen) atoms. The smallest absolute Gasteiger partial charge is 0.369 e. The Kier molecular flexibility index (Phi) is 8.74. The van der Waals surface area contributed by atoms with E-state index in [0.717, 1.165) is 0 Å². The number of carbonyl (C=O) groups is 1. The summed E-state index contributed by atoms with van der Waals surface area (Å²) < 4.78 is 82.7. The molecule has 1 amide bonds. The largest absolute Gasteiger partial charge is 0.408 e. The maximum absolute atomic E-state index is 14.6. The van der Waals surface area contributed by atoms with Crippen molar-refractivity contribution >= 4 is 35.2 Å². The predicted molar refractivity (Wildman–Crippen MR) is 120 cm³/mol. The Morgan fingerprint density at radius 1 is 1.17 bits per heavy atom. The third kappa shape index (κ3) is 5.85. The van der Waals surface area contributed by atoms with E-state index < -0.39 is 58.7 Å². The van der Waals surface area contributed by atoms with E-state index in [1.54, 1.807) is 5.32 Å². The van der Waals surface area contributed by atoms with E-state index in [1.165, 1.54) is 19.1 Å². The van der Waals surface area contributed by atoms with E-state index >= 15 is 0 Å². The third-order valence-electron chi connectivity index (χ3n) is 4.88. The average molecular weight is 524 g/mol. The molecule has 190 valence electrons. The molecular weight excluding hydrogens is 504 g/mol. The number of fused-ring (bicyclic) bond motifs is 1. The minimum Gasteiger partial charge on any atom is -0.369 e. The van der Waals surface area contributed by atoms with Gasteiger partial charge in [-0.2, -0.15) is 13.2 Å². The van der Waals surface area contributed by atoms with Gasteiger partial charge in [0.05, 0.1) is 5.39 Å². The van der Waals surface area contributed by atoms with E-state index in [-0.39, 0.29) is 42.3 Å². The van der Waals surface area contributed by atoms with Crippen molar-refractivity contribution in [2.75, 3.05) is 18.4 Å². The Morgan fingerprint density at radius 2 is 1.80 bits per heavy atom.